The van der Waals surface area contributed by atoms with Crippen LogP contribution in [0, 0.1) is 0 Å². The minimum absolute atomic E-state index is 0.0882. The van der Waals surface area contributed by atoms with Gasteiger partial charge in [0, 0.05) is 25.4 Å². The Hall–Kier alpha value is -1.37. The lowest BCUT2D eigenvalue weighted by Gasteiger charge is -2.22. The van der Waals surface area contributed by atoms with Crippen molar-refractivity contribution < 1.29 is 8.42 Å². The third-order valence-corrected chi connectivity index (χ3v) is 3.55. The molecule has 7 heteroatoms. The van der Waals surface area contributed by atoms with Gasteiger partial charge in [0.25, 0.3) is 0 Å². The van der Waals surface area contributed by atoms with Gasteiger partial charge in [-0.25, -0.2) is 18.4 Å². The van der Waals surface area contributed by atoms with Crippen LogP contribution in [-0.4, -0.2) is 44.0 Å². The van der Waals surface area contributed by atoms with Gasteiger partial charge in [0.2, 0.25) is 0 Å². The monoisotopic (exact) mass is 272 g/mol. The highest BCUT2D eigenvalue weighted by Crippen LogP contribution is 2.28. The first-order valence-electron chi connectivity index (χ1n) is 5.71. The zero-order valence-electron chi connectivity index (χ0n) is 11.2. The molecule has 0 atom stereocenters. The van der Waals surface area contributed by atoms with Crippen molar-refractivity contribution in [1.29, 1.82) is 0 Å². The van der Waals surface area contributed by atoms with E-state index in [9.17, 15) is 8.42 Å². The molecule has 0 unspecified atom stereocenters. The summed E-state index contributed by atoms with van der Waals surface area (Å²) in [5, 5.41) is 0. The zero-order chi connectivity index (χ0) is 13.9. The molecule has 6 nitrogen and oxygen atoms in total. The van der Waals surface area contributed by atoms with Crippen molar-refractivity contribution in [1.82, 2.24) is 9.97 Å². The van der Waals surface area contributed by atoms with E-state index in [2.05, 4.69) is 9.97 Å². The Balaban J connectivity index is 2.99. The van der Waals surface area contributed by atoms with Crippen LogP contribution < -0.4 is 10.6 Å². The van der Waals surface area contributed by atoms with Gasteiger partial charge in [-0.3, -0.25) is 0 Å². The topological polar surface area (TPSA) is 89.2 Å². The number of nitrogen functional groups attached to an aromatic ring is 1. The normalized spacial score (nSPS) is 11.8. The first kappa shape index (κ1) is 14.7. The number of nitrogens with two attached hydrogens (primary N) is 1. The van der Waals surface area contributed by atoms with Gasteiger partial charge >= 0.3 is 0 Å². The second-order valence-corrected chi connectivity index (χ2v) is 6.96. The van der Waals surface area contributed by atoms with Crippen LogP contribution in [0.25, 0.3) is 0 Å². The highest BCUT2D eigenvalue weighted by atomic mass is 32.2. The van der Waals surface area contributed by atoms with E-state index >= 15 is 0 Å². The Morgan fingerprint density at radius 2 is 2.00 bits per heavy atom. The Bertz CT molecular complexity index is 514. The molecule has 2 N–H and O–H groups in total. The van der Waals surface area contributed by atoms with Crippen molar-refractivity contribution in [2.24, 2.45) is 0 Å². The SMILES string of the molecule is CC(C)c1c(N)ncnc1N(C)CCS(C)(=O)=O. The number of anilines is 2. The third-order valence-electron chi connectivity index (χ3n) is 2.63. The lowest BCUT2D eigenvalue weighted by molar-refractivity contribution is 0.601. The molecule has 0 aliphatic carbocycles. The van der Waals surface area contributed by atoms with E-state index in [0.29, 0.717) is 18.2 Å². The Kier molecular flexibility index (Phi) is 4.50. The molecule has 18 heavy (non-hydrogen) atoms. The standard InChI is InChI=1S/C11H20N4O2S/c1-8(2)9-10(12)13-7-14-11(9)15(3)5-6-18(4,16)17/h7-8H,5-6H2,1-4H3,(H2,12,13,14). The van der Waals surface area contributed by atoms with E-state index in [1.165, 1.54) is 12.6 Å². The fourth-order valence-corrected chi connectivity index (χ4v) is 2.27. The van der Waals surface area contributed by atoms with Gasteiger partial charge in [-0.05, 0) is 5.92 Å². The average Bonchev–Trinajstić information content (AvgIpc) is 2.24. The van der Waals surface area contributed by atoms with Crippen LogP contribution in [0.2, 0.25) is 0 Å². The maximum absolute atomic E-state index is 11.2. The van der Waals surface area contributed by atoms with E-state index in [1.807, 2.05) is 13.8 Å². The summed E-state index contributed by atoms with van der Waals surface area (Å²) in [5.74, 6) is 1.41. The van der Waals surface area contributed by atoms with E-state index in [4.69, 9.17) is 5.73 Å². The van der Waals surface area contributed by atoms with Gasteiger partial charge < -0.3 is 10.6 Å². The average molecular weight is 272 g/mol. The minimum atomic E-state index is -2.99. The Labute approximate surface area is 108 Å². The molecule has 0 saturated heterocycles. The molecule has 0 spiro atoms. The number of hydrogen-bond acceptors (Lipinski definition) is 6. The molecule has 0 bridgehead atoms. The van der Waals surface area contributed by atoms with Gasteiger partial charge in [0.15, 0.2) is 0 Å². The zero-order valence-corrected chi connectivity index (χ0v) is 12.0. The van der Waals surface area contributed by atoms with Crippen molar-refractivity contribution in [3.63, 3.8) is 0 Å². The van der Waals surface area contributed by atoms with Crippen LogP contribution in [0.4, 0.5) is 11.6 Å². The fraction of sp³-hybridized carbons (Fsp3) is 0.636. The van der Waals surface area contributed by atoms with Crippen molar-refractivity contribution >= 4 is 21.5 Å². The summed E-state index contributed by atoms with van der Waals surface area (Å²) in [4.78, 5) is 9.98. The molecule has 0 radical (unpaired) electrons. The summed E-state index contributed by atoms with van der Waals surface area (Å²) in [6.45, 7) is 4.39. The second-order valence-electron chi connectivity index (χ2n) is 4.70. The molecule has 1 aromatic heterocycles. The predicted molar refractivity (Wildman–Crippen MR) is 73.5 cm³/mol. The molecule has 0 aliphatic rings. The lowest BCUT2D eigenvalue weighted by atomic mass is 10.0. The number of nitrogens with zero attached hydrogens (tertiary/aromatic N) is 3. The molecule has 0 amide bonds. The number of aromatic nitrogens is 2. The van der Waals surface area contributed by atoms with Gasteiger partial charge in [-0.2, -0.15) is 0 Å². The van der Waals surface area contributed by atoms with Crippen LogP contribution >= 0.6 is 0 Å². The molecule has 102 valence electrons. The fourth-order valence-electron chi connectivity index (χ4n) is 1.67. The van der Waals surface area contributed by atoms with Crippen LogP contribution in [0.5, 0.6) is 0 Å². The van der Waals surface area contributed by atoms with Crippen LogP contribution in [0.1, 0.15) is 25.3 Å². The lowest BCUT2D eigenvalue weighted by Crippen LogP contribution is -2.27. The van der Waals surface area contributed by atoms with Gasteiger partial charge in [-0.15, -0.1) is 0 Å². The number of sulfone groups is 1. The predicted octanol–water partition coefficient (Wildman–Crippen LogP) is 0.663. The van der Waals surface area contributed by atoms with Crippen LogP contribution in [0.15, 0.2) is 6.33 Å². The van der Waals surface area contributed by atoms with E-state index in [1.54, 1.807) is 11.9 Å². The molecular weight excluding hydrogens is 252 g/mol. The van der Waals surface area contributed by atoms with E-state index in [-0.39, 0.29) is 11.7 Å². The van der Waals surface area contributed by atoms with Crippen LogP contribution in [0.3, 0.4) is 0 Å². The molecule has 0 fully saturated rings. The second kappa shape index (κ2) is 5.51. The van der Waals surface area contributed by atoms with Gasteiger partial charge in [0.1, 0.15) is 27.8 Å². The summed E-state index contributed by atoms with van der Waals surface area (Å²) < 4.78 is 22.3. The molecule has 0 saturated carbocycles. The number of hydrogen-bond donors (Lipinski definition) is 1. The quantitative estimate of drug-likeness (QED) is 0.847. The molecule has 1 aromatic rings. The highest BCUT2D eigenvalue weighted by molar-refractivity contribution is 7.90. The maximum Gasteiger partial charge on any atom is 0.149 e. The summed E-state index contributed by atoms with van der Waals surface area (Å²) in [6, 6.07) is 0. The number of rotatable bonds is 5. The minimum Gasteiger partial charge on any atom is -0.383 e. The summed E-state index contributed by atoms with van der Waals surface area (Å²) >= 11 is 0. The molecule has 0 aromatic carbocycles. The maximum atomic E-state index is 11.2. The third kappa shape index (κ3) is 3.83. The molecular formula is C11H20N4O2S. The first-order chi connectivity index (χ1) is 8.22. The smallest absolute Gasteiger partial charge is 0.149 e. The Morgan fingerprint density at radius 1 is 1.39 bits per heavy atom. The Morgan fingerprint density at radius 3 is 2.50 bits per heavy atom. The van der Waals surface area contributed by atoms with Crippen molar-refractivity contribution in [2.75, 3.05) is 36.2 Å². The molecule has 1 rings (SSSR count). The van der Waals surface area contributed by atoms with Crippen molar-refractivity contribution in [3.8, 4) is 0 Å². The van der Waals surface area contributed by atoms with Gasteiger partial charge in [-0.1, -0.05) is 13.8 Å². The highest BCUT2D eigenvalue weighted by Gasteiger charge is 2.17. The molecule has 0 aliphatic heterocycles. The summed E-state index contributed by atoms with van der Waals surface area (Å²) in [6.07, 6.45) is 2.62. The first-order valence-corrected chi connectivity index (χ1v) is 7.77. The van der Waals surface area contributed by atoms with E-state index in [0.717, 1.165) is 5.56 Å². The largest absolute Gasteiger partial charge is 0.383 e. The van der Waals surface area contributed by atoms with Crippen molar-refractivity contribution in [3.05, 3.63) is 11.9 Å². The van der Waals surface area contributed by atoms with Crippen LogP contribution in [-0.2, 0) is 9.84 Å². The van der Waals surface area contributed by atoms with Crippen molar-refractivity contribution in [2.45, 2.75) is 19.8 Å². The summed E-state index contributed by atoms with van der Waals surface area (Å²) in [5.41, 5.74) is 6.70. The van der Waals surface area contributed by atoms with Gasteiger partial charge in [0.05, 0.1) is 5.75 Å². The van der Waals surface area contributed by atoms with E-state index < -0.39 is 9.84 Å². The molecule has 1 heterocycles. The summed E-state index contributed by atoms with van der Waals surface area (Å²) in [7, 11) is -1.18.